The molecule has 3 fully saturated rings. The van der Waals surface area contributed by atoms with Crippen LogP contribution in [-0.2, 0) is 12.7 Å². The van der Waals surface area contributed by atoms with Gasteiger partial charge in [-0.15, -0.1) is 0 Å². The highest BCUT2D eigenvalue weighted by Gasteiger charge is 2.44. The van der Waals surface area contributed by atoms with E-state index in [0.717, 1.165) is 55.3 Å². The molecule has 2 atom stereocenters. The summed E-state index contributed by atoms with van der Waals surface area (Å²) in [7, 11) is 0. The van der Waals surface area contributed by atoms with E-state index >= 15 is 0 Å². The van der Waals surface area contributed by atoms with Crippen molar-refractivity contribution in [3.63, 3.8) is 0 Å². The number of rotatable bonds is 4. The number of amides is 1. The maximum atomic E-state index is 13.6. The first-order valence-corrected chi connectivity index (χ1v) is 14.3. The van der Waals surface area contributed by atoms with Gasteiger partial charge < -0.3 is 14.9 Å². The molecular formula is C29H40F3N5O3. The molecule has 0 aliphatic carbocycles. The summed E-state index contributed by atoms with van der Waals surface area (Å²) in [6, 6.07) is 5.48. The first kappa shape index (κ1) is 29.9. The number of carbonyl (C=O) groups is 2. The summed E-state index contributed by atoms with van der Waals surface area (Å²) in [5, 5.41) is 12.9. The summed E-state index contributed by atoms with van der Waals surface area (Å²) in [6.45, 7) is 10.6. The van der Waals surface area contributed by atoms with Crippen LogP contribution in [0, 0.1) is 0 Å². The van der Waals surface area contributed by atoms with Crippen LogP contribution in [0.5, 0.6) is 0 Å². The molecule has 2 unspecified atom stereocenters. The molecule has 220 valence electrons. The molecule has 1 amide bonds. The van der Waals surface area contributed by atoms with Crippen LogP contribution in [0.4, 0.5) is 23.7 Å². The van der Waals surface area contributed by atoms with Crippen LogP contribution in [-0.4, -0.2) is 73.9 Å². The molecule has 3 aliphatic heterocycles. The fourth-order valence-corrected chi connectivity index (χ4v) is 6.60. The zero-order chi connectivity index (χ0) is 29.2. The second-order valence-corrected chi connectivity index (χ2v) is 11.0. The third-order valence-electron chi connectivity index (χ3n) is 8.71. The van der Waals surface area contributed by atoms with Gasteiger partial charge in [0.05, 0.1) is 5.56 Å². The number of halogens is 3. The van der Waals surface area contributed by atoms with E-state index in [4.69, 9.17) is 5.11 Å². The Bertz CT molecular complexity index is 1200. The number of piperidine rings is 1. The lowest BCUT2D eigenvalue weighted by Gasteiger charge is -2.45. The number of aromatic nitrogens is 2. The largest absolute Gasteiger partial charge is 0.476 e. The lowest BCUT2D eigenvalue weighted by Crippen LogP contribution is -2.53. The lowest BCUT2D eigenvalue weighted by molar-refractivity contribution is -0.137. The van der Waals surface area contributed by atoms with Gasteiger partial charge in [-0.3, -0.25) is 4.90 Å². The van der Waals surface area contributed by atoms with E-state index in [-0.39, 0.29) is 29.3 Å². The fourth-order valence-electron chi connectivity index (χ4n) is 6.60. The predicted molar refractivity (Wildman–Crippen MR) is 147 cm³/mol. The van der Waals surface area contributed by atoms with Gasteiger partial charge in [-0.1, -0.05) is 19.9 Å². The highest BCUT2D eigenvalue weighted by atomic mass is 19.4. The Morgan fingerprint density at radius 3 is 2.25 bits per heavy atom. The summed E-state index contributed by atoms with van der Waals surface area (Å²) in [4.78, 5) is 30.3. The van der Waals surface area contributed by atoms with Crippen LogP contribution in [0.25, 0.3) is 0 Å². The maximum absolute atomic E-state index is 13.6. The van der Waals surface area contributed by atoms with Crippen LogP contribution in [0.1, 0.15) is 87.8 Å². The Hall–Kier alpha value is -3.08. The molecule has 3 saturated heterocycles. The monoisotopic (exact) mass is 563 g/mol. The Morgan fingerprint density at radius 1 is 1.02 bits per heavy atom. The Morgan fingerprint density at radius 2 is 1.68 bits per heavy atom. The van der Waals surface area contributed by atoms with Crippen LogP contribution in [0.15, 0.2) is 30.5 Å². The van der Waals surface area contributed by atoms with E-state index in [1.54, 1.807) is 11.0 Å². The number of alkyl halides is 3. The molecule has 2 aromatic rings. The average Bonchev–Trinajstić information content (AvgIpc) is 3.65. The van der Waals surface area contributed by atoms with Crippen LogP contribution in [0.2, 0.25) is 0 Å². The summed E-state index contributed by atoms with van der Waals surface area (Å²) >= 11 is 0. The molecule has 0 saturated carbocycles. The molecule has 40 heavy (non-hydrogen) atoms. The summed E-state index contributed by atoms with van der Waals surface area (Å²) in [5.74, 6) is -1.18. The van der Waals surface area contributed by atoms with Gasteiger partial charge >= 0.3 is 18.2 Å². The van der Waals surface area contributed by atoms with Gasteiger partial charge in [-0.2, -0.15) is 23.0 Å². The van der Waals surface area contributed by atoms with E-state index in [1.165, 1.54) is 24.4 Å². The number of carboxylic acid groups (broad SMARTS) is 1. The van der Waals surface area contributed by atoms with Crippen molar-refractivity contribution < 1.29 is 27.9 Å². The molecule has 5 rings (SSSR count). The van der Waals surface area contributed by atoms with Gasteiger partial charge in [-0.05, 0) is 82.7 Å². The lowest BCUT2D eigenvalue weighted by atomic mass is 9.84. The summed E-state index contributed by atoms with van der Waals surface area (Å²) < 4.78 is 42.0. The molecule has 8 nitrogen and oxygen atoms in total. The zero-order valence-electron chi connectivity index (χ0n) is 23.7. The van der Waals surface area contributed by atoms with Crippen LogP contribution in [0.3, 0.4) is 0 Å². The Balaban J connectivity index is 0.00000181. The second-order valence-electron chi connectivity index (χ2n) is 11.0. The highest BCUT2D eigenvalue weighted by Crippen LogP contribution is 2.43. The topological polar surface area (TPSA) is 81.9 Å². The van der Waals surface area contributed by atoms with Crippen molar-refractivity contribution in [3.8, 4) is 0 Å². The number of hydrogen-bond acceptors (Lipinski definition) is 5. The minimum absolute atomic E-state index is 0.116. The molecule has 1 aromatic heterocycles. The quantitative estimate of drug-likeness (QED) is 0.484. The molecule has 11 heteroatoms. The summed E-state index contributed by atoms with van der Waals surface area (Å²) in [6.07, 6.45) is 2.36. The number of benzene rings is 1. The molecule has 1 N–H and O–H groups in total. The van der Waals surface area contributed by atoms with E-state index in [1.807, 2.05) is 13.8 Å². The van der Waals surface area contributed by atoms with Crippen molar-refractivity contribution in [2.24, 2.45) is 0 Å². The van der Waals surface area contributed by atoms with E-state index in [9.17, 15) is 22.8 Å². The molecule has 0 radical (unpaired) electrons. The number of anilines is 1. The predicted octanol–water partition coefficient (Wildman–Crippen LogP) is 6.10. The average molecular weight is 564 g/mol. The van der Waals surface area contributed by atoms with Gasteiger partial charge in [0.2, 0.25) is 0 Å². The SMILES string of the molecule is CC.CC1CCC(C)N1c1cc(C(F)(F)F)ccc1CN1CCCC12CCN(C(=O)n1ccc(C(=O)O)n1)CC2. The Labute approximate surface area is 233 Å². The van der Waals surface area contributed by atoms with Crippen molar-refractivity contribution in [1.82, 2.24) is 19.6 Å². The van der Waals surface area contributed by atoms with Crippen molar-refractivity contribution >= 4 is 17.7 Å². The van der Waals surface area contributed by atoms with Crippen LogP contribution >= 0.6 is 0 Å². The van der Waals surface area contributed by atoms with Crippen molar-refractivity contribution in [3.05, 3.63) is 47.3 Å². The van der Waals surface area contributed by atoms with Gasteiger partial charge in [0.1, 0.15) is 0 Å². The number of hydrogen-bond donors (Lipinski definition) is 1. The number of likely N-dealkylation sites (tertiary alicyclic amines) is 2. The van der Waals surface area contributed by atoms with Crippen molar-refractivity contribution in [1.29, 1.82) is 0 Å². The number of aromatic carboxylic acids is 1. The number of carbonyl (C=O) groups excluding carboxylic acids is 1. The van der Waals surface area contributed by atoms with Gasteiger partial charge in [0, 0.05) is 49.1 Å². The standard InChI is InChI=1S/C27H34F3N5O3.C2H6/c1-18-4-5-19(2)35(18)23-16-21(27(28,29)30)7-6-20(23)17-33-12-3-9-26(33)10-14-32(15-11-26)25(38)34-13-8-22(31-34)24(36)37;1-2/h6-8,13,16,18-19H,3-5,9-12,14-15,17H2,1-2H3,(H,36,37);1-2H3. The van der Waals surface area contributed by atoms with E-state index in [2.05, 4.69) is 28.7 Å². The van der Waals surface area contributed by atoms with Gasteiger partial charge in [0.15, 0.2) is 5.69 Å². The molecule has 3 aliphatic rings. The minimum Gasteiger partial charge on any atom is -0.476 e. The van der Waals surface area contributed by atoms with Crippen LogP contribution < -0.4 is 4.90 Å². The Kier molecular flexibility index (Phi) is 8.82. The van der Waals surface area contributed by atoms with E-state index in [0.29, 0.717) is 25.3 Å². The van der Waals surface area contributed by atoms with Gasteiger partial charge in [-0.25, -0.2) is 9.59 Å². The number of nitrogens with zero attached hydrogens (tertiary/aromatic N) is 5. The molecule has 4 heterocycles. The molecule has 1 aromatic carbocycles. The first-order chi connectivity index (χ1) is 19.0. The van der Waals surface area contributed by atoms with Crippen molar-refractivity contribution in [2.45, 2.75) is 96.6 Å². The number of carboxylic acids is 1. The molecule has 0 bridgehead atoms. The maximum Gasteiger partial charge on any atom is 0.416 e. The normalized spacial score (nSPS) is 22.9. The summed E-state index contributed by atoms with van der Waals surface area (Å²) in [5.41, 5.74) is 0.684. The van der Waals surface area contributed by atoms with E-state index < -0.39 is 17.7 Å². The second kappa shape index (κ2) is 11.8. The third-order valence-corrected chi connectivity index (χ3v) is 8.71. The smallest absolute Gasteiger partial charge is 0.416 e. The molecular weight excluding hydrogens is 523 g/mol. The minimum atomic E-state index is -4.40. The molecule has 1 spiro atoms. The highest BCUT2D eigenvalue weighted by molar-refractivity contribution is 5.86. The third kappa shape index (κ3) is 5.84. The first-order valence-electron chi connectivity index (χ1n) is 14.3. The zero-order valence-corrected chi connectivity index (χ0v) is 23.7. The fraction of sp³-hybridized carbons (Fsp3) is 0.621. The van der Waals surface area contributed by atoms with Gasteiger partial charge in [0.25, 0.3) is 0 Å². The van der Waals surface area contributed by atoms with Crippen molar-refractivity contribution in [2.75, 3.05) is 24.5 Å².